The van der Waals surface area contributed by atoms with Gasteiger partial charge in [-0.2, -0.15) is 10.1 Å². The second-order valence-electron chi connectivity index (χ2n) is 8.89. The van der Waals surface area contributed by atoms with Gasteiger partial charge in [-0.05, 0) is 39.8 Å². The van der Waals surface area contributed by atoms with E-state index in [-0.39, 0.29) is 5.75 Å². The smallest absolute Gasteiger partial charge is 0.459 e. The number of ether oxygens (including phenoxy) is 2. The van der Waals surface area contributed by atoms with Gasteiger partial charge in [0.15, 0.2) is 17.9 Å². The monoisotopic (exact) mass is 560 g/mol. The molecule has 0 aliphatic carbocycles. The Kier molecular flexibility index (Phi) is 8.93. The molecule has 3 rings (SSSR count). The molecule has 2 heterocycles. The van der Waals surface area contributed by atoms with Crippen LogP contribution in [0.15, 0.2) is 41.3 Å². The Bertz CT molecular complexity index is 1240. The number of aliphatic hydroxyl groups excluding tert-OH is 1. The predicted molar refractivity (Wildman–Crippen MR) is 129 cm³/mol. The van der Waals surface area contributed by atoms with E-state index >= 15 is 0 Å². The first-order chi connectivity index (χ1) is 17.6. The molecule has 1 fully saturated rings. The Morgan fingerprint density at radius 1 is 1.26 bits per heavy atom. The lowest BCUT2D eigenvalue weighted by Crippen LogP contribution is -2.50. The number of aliphatic hydroxyl groups is 3. The summed E-state index contributed by atoms with van der Waals surface area (Å²) >= 11 is 0. The van der Waals surface area contributed by atoms with Gasteiger partial charge in [-0.1, -0.05) is 18.2 Å². The maximum absolute atomic E-state index is 14.0. The molecule has 1 unspecified atom stereocenters. The van der Waals surface area contributed by atoms with Crippen LogP contribution in [-0.4, -0.2) is 67.1 Å². The topological polar surface area (TPSA) is 205 Å². The number of nitrogens with zero attached hydrogens (tertiary/aromatic N) is 2. The van der Waals surface area contributed by atoms with Crippen molar-refractivity contribution >= 4 is 19.5 Å². The molecule has 16 heteroatoms. The second-order valence-corrected chi connectivity index (χ2v) is 10.5. The largest absolute Gasteiger partial charge is 0.462 e. The van der Waals surface area contributed by atoms with Crippen LogP contribution in [0, 0.1) is 5.82 Å². The van der Waals surface area contributed by atoms with Crippen molar-refractivity contribution in [2.75, 3.05) is 5.73 Å². The third kappa shape index (κ3) is 6.56. The molecule has 0 amide bonds. The number of esters is 1. The van der Waals surface area contributed by atoms with Crippen LogP contribution in [-0.2, 0) is 23.4 Å². The van der Waals surface area contributed by atoms with Crippen molar-refractivity contribution in [1.29, 1.82) is 0 Å². The first kappa shape index (κ1) is 29.6. The van der Waals surface area contributed by atoms with E-state index in [0.717, 1.165) is 0 Å². The number of hydrogen-bond acceptors (Lipinski definition) is 12. The molecule has 0 spiro atoms. The standard InChI is InChI=1S/C22H30FN4O10P/c1-11(2)34-19(29)12(3)26-38(33,37-14-8-6-5-7-9-14)36-13(4)16-17(28)22(31,32)20(35-16)27-10-15(23)18(24)25-21(27)30/h5-13,16-17,20,28,31-32H,1-4H3,(H,26,33)(H2,24,25,30)/t12-,13-,16+,17-,20+,38?/m0/s1. The first-order valence-electron chi connectivity index (χ1n) is 11.5. The van der Waals surface area contributed by atoms with E-state index in [0.29, 0.717) is 10.8 Å². The van der Waals surface area contributed by atoms with E-state index in [1.54, 1.807) is 32.0 Å². The summed E-state index contributed by atoms with van der Waals surface area (Å²) in [5.74, 6) is -5.68. The van der Waals surface area contributed by atoms with Gasteiger partial charge < -0.3 is 35.1 Å². The molecule has 2 aromatic rings. The Labute approximate surface area is 216 Å². The third-order valence-electron chi connectivity index (χ3n) is 5.38. The van der Waals surface area contributed by atoms with E-state index in [4.69, 9.17) is 24.3 Å². The fourth-order valence-electron chi connectivity index (χ4n) is 3.58. The van der Waals surface area contributed by atoms with Gasteiger partial charge in [0.05, 0.1) is 18.4 Å². The number of hydrogen-bond donors (Lipinski definition) is 5. The molecule has 0 bridgehead atoms. The lowest BCUT2D eigenvalue weighted by atomic mass is 10.0. The number of halogens is 1. The van der Waals surface area contributed by atoms with Crippen LogP contribution >= 0.6 is 7.75 Å². The van der Waals surface area contributed by atoms with E-state index in [1.165, 1.54) is 26.0 Å². The minimum Gasteiger partial charge on any atom is -0.462 e. The van der Waals surface area contributed by atoms with Crippen molar-refractivity contribution in [2.45, 2.75) is 70.2 Å². The second kappa shape index (κ2) is 11.5. The summed E-state index contributed by atoms with van der Waals surface area (Å²) < 4.78 is 49.8. The van der Waals surface area contributed by atoms with Crippen molar-refractivity contribution in [2.24, 2.45) is 0 Å². The van der Waals surface area contributed by atoms with Crippen LogP contribution in [0.1, 0.15) is 33.9 Å². The Balaban J connectivity index is 1.88. The quantitative estimate of drug-likeness (QED) is 0.152. The van der Waals surface area contributed by atoms with Crippen molar-refractivity contribution < 1.29 is 47.6 Å². The lowest BCUT2D eigenvalue weighted by molar-refractivity contribution is -0.249. The van der Waals surface area contributed by atoms with Crippen LogP contribution in [0.4, 0.5) is 10.2 Å². The molecule has 14 nitrogen and oxygen atoms in total. The Hall–Kier alpha value is -2.91. The summed E-state index contributed by atoms with van der Waals surface area (Å²) in [5, 5.41) is 34.1. The first-order valence-corrected chi connectivity index (χ1v) is 13.0. The van der Waals surface area contributed by atoms with E-state index in [9.17, 15) is 33.9 Å². The van der Waals surface area contributed by atoms with Crippen LogP contribution < -0.4 is 21.0 Å². The number of nitrogens with one attached hydrogen (secondary N) is 1. The zero-order valence-electron chi connectivity index (χ0n) is 20.9. The molecule has 1 aromatic carbocycles. The number of nitrogen functional groups attached to an aromatic ring is 1. The average Bonchev–Trinajstić information content (AvgIpc) is 3.05. The molecule has 38 heavy (non-hydrogen) atoms. The van der Waals surface area contributed by atoms with Crippen LogP contribution in [0.2, 0.25) is 0 Å². The van der Waals surface area contributed by atoms with E-state index in [1.807, 2.05) is 0 Å². The average molecular weight is 560 g/mol. The van der Waals surface area contributed by atoms with Crippen LogP contribution in [0.5, 0.6) is 5.75 Å². The minimum absolute atomic E-state index is 0.0966. The number of aromatic nitrogens is 2. The normalized spacial score (nSPS) is 24.0. The zero-order chi connectivity index (χ0) is 28.4. The Morgan fingerprint density at radius 2 is 1.89 bits per heavy atom. The lowest BCUT2D eigenvalue weighted by Gasteiger charge is -2.29. The summed E-state index contributed by atoms with van der Waals surface area (Å²) in [6, 6.07) is 6.63. The maximum Gasteiger partial charge on any atom is 0.459 e. The van der Waals surface area contributed by atoms with Gasteiger partial charge in [0.25, 0.3) is 0 Å². The zero-order valence-corrected chi connectivity index (χ0v) is 21.8. The van der Waals surface area contributed by atoms with Gasteiger partial charge in [-0.25, -0.2) is 13.8 Å². The molecule has 1 aromatic heterocycles. The fourth-order valence-corrected chi connectivity index (χ4v) is 5.27. The molecule has 1 aliphatic rings. The predicted octanol–water partition coefficient (Wildman–Crippen LogP) is 0.426. The van der Waals surface area contributed by atoms with Gasteiger partial charge in [-0.15, -0.1) is 0 Å². The van der Waals surface area contributed by atoms with E-state index in [2.05, 4.69) is 10.1 Å². The number of benzene rings is 1. The van der Waals surface area contributed by atoms with Crippen molar-refractivity contribution in [3.05, 3.63) is 52.8 Å². The summed E-state index contributed by atoms with van der Waals surface area (Å²) in [4.78, 5) is 27.8. The molecule has 6 atom stereocenters. The summed E-state index contributed by atoms with van der Waals surface area (Å²) in [6.45, 7) is 5.87. The van der Waals surface area contributed by atoms with Crippen molar-refractivity contribution in [3.63, 3.8) is 0 Å². The fraction of sp³-hybridized carbons (Fsp3) is 0.500. The molecular weight excluding hydrogens is 530 g/mol. The van der Waals surface area contributed by atoms with Crippen molar-refractivity contribution in [1.82, 2.24) is 14.6 Å². The number of rotatable bonds is 10. The molecular formula is C22H30FN4O10P. The van der Waals surface area contributed by atoms with Gasteiger partial charge in [0.2, 0.25) is 5.79 Å². The number of carbonyl (C=O) groups excluding carboxylic acids is 1. The molecule has 210 valence electrons. The summed E-state index contributed by atoms with van der Waals surface area (Å²) in [7, 11) is -4.45. The number of carbonyl (C=O) groups is 1. The number of anilines is 1. The van der Waals surface area contributed by atoms with Gasteiger partial charge in [0, 0.05) is 0 Å². The highest BCUT2D eigenvalue weighted by atomic mass is 31.2. The van der Waals surface area contributed by atoms with Gasteiger partial charge in [-0.3, -0.25) is 13.9 Å². The summed E-state index contributed by atoms with van der Waals surface area (Å²) in [5.41, 5.74) is 4.06. The van der Waals surface area contributed by atoms with Gasteiger partial charge >= 0.3 is 19.4 Å². The highest BCUT2D eigenvalue weighted by molar-refractivity contribution is 7.52. The number of nitrogens with two attached hydrogens (primary N) is 1. The molecule has 6 N–H and O–H groups in total. The van der Waals surface area contributed by atoms with Gasteiger partial charge in [0.1, 0.15) is 24.0 Å². The minimum atomic E-state index is -4.45. The summed E-state index contributed by atoms with van der Waals surface area (Å²) in [6.07, 6.45) is -7.20. The van der Waals surface area contributed by atoms with Crippen LogP contribution in [0.25, 0.3) is 0 Å². The molecule has 1 aliphatic heterocycles. The Morgan fingerprint density at radius 3 is 2.50 bits per heavy atom. The third-order valence-corrected chi connectivity index (χ3v) is 7.14. The van der Waals surface area contributed by atoms with Crippen LogP contribution in [0.3, 0.4) is 0 Å². The molecule has 0 saturated carbocycles. The SMILES string of the molecule is CC(C)OC(=O)[C@H](C)NP(=O)(Oc1ccccc1)O[C@@H](C)[C@H]1O[C@@H](n2cc(F)c(N)nc2=O)C(O)(O)[C@H]1O. The number of para-hydroxylation sites is 1. The highest BCUT2D eigenvalue weighted by Gasteiger charge is 2.58. The van der Waals surface area contributed by atoms with E-state index < -0.39 is 73.5 Å². The highest BCUT2D eigenvalue weighted by Crippen LogP contribution is 2.48. The van der Waals surface area contributed by atoms with Crippen molar-refractivity contribution in [3.8, 4) is 5.75 Å². The molecule has 1 saturated heterocycles. The maximum atomic E-state index is 14.0. The molecule has 0 radical (unpaired) electrons.